The minimum absolute atomic E-state index is 0.316. The van der Waals surface area contributed by atoms with E-state index in [0.29, 0.717) is 16.7 Å². The fourth-order valence-corrected chi connectivity index (χ4v) is 3.15. The Morgan fingerprint density at radius 2 is 1.52 bits per heavy atom. The minimum Gasteiger partial charge on any atom is -0.257 e. The predicted molar refractivity (Wildman–Crippen MR) is 94.7 cm³/mol. The van der Waals surface area contributed by atoms with Crippen molar-refractivity contribution < 1.29 is 0 Å². The molecule has 118 valence electrons. The van der Waals surface area contributed by atoms with Crippen LogP contribution in [0.5, 0.6) is 0 Å². The molecule has 0 saturated heterocycles. The van der Waals surface area contributed by atoms with Gasteiger partial charge in [0.05, 0.1) is 0 Å². The maximum Gasteiger partial charge on any atom is 0.0450 e. The van der Waals surface area contributed by atoms with Gasteiger partial charge in [0.25, 0.3) is 0 Å². The number of pyridine rings is 1. The quantitative estimate of drug-likeness (QED) is 0.633. The van der Waals surface area contributed by atoms with Gasteiger partial charge in [-0.3, -0.25) is 4.98 Å². The topological polar surface area (TPSA) is 12.9 Å². The van der Waals surface area contributed by atoms with Gasteiger partial charge in [-0.25, -0.2) is 0 Å². The van der Waals surface area contributed by atoms with E-state index in [9.17, 15) is 0 Å². The lowest BCUT2D eigenvalue weighted by atomic mass is 9.75. The predicted octanol–water partition coefficient (Wildman–Crippen LogP) is 6.30. The maximum absolute atomic E-state index is 4.90. The molecule has 0 N–H and O–H groups in total. The number of aromatic nitrogens is 1. The highest BCUT2D eigenvalue weighted by Gasteiger charge is 2.26. The van der Waals surface area contributed by atoms with Gasteiger partial charge in [0.15, 0.2) is 0 Å². The van der Waals surface area contributed by atoms with Crippen molar-refractivity contribution in [2.45, 2.75) is 74.1 Å². The molecular weight excluding hydrogens is 254 g/mol. The molecule has 0 atom stereocenters. The lowest BCUT2D eigenvalue weighted by molar-refractivity contribution is 0.265. The second kappa shape index (κ2) is 6.34. The lowest BCUT2D eigenvalue weighted by Crippen LogP contribution is -2.19. The van der Waals surface area contributed by atoms with Crippen LogP contribution in [0.25, 0.3) is 6.08 Å². The first-order chi connectivity index (χ1) is 9.43. The van der Waals surface area contributed by atoms with Crippen LogP contribution in [0.2, 0.25) is 0 Å². The van der Waals surface area contributed by atoms with Crippen molar-refractivity contribution in [3.8, 4) is 0 Å². The van der Waals surface area contributed by atoms with Gasteiger partial charge in [-0.05, 0) is 54.7 Å². The van der Waals surface area contributed by atoms with E-state index >= 15 is 0 Å². The molecule has 1 heterocycles. The van der Waals surface area contributed by atoms with Gasteiger partial charge >= 0.3 is 0 Å². The molecule has 0 spiro atoms. The van der Waals surface area contributed by atoms with Gasteiger partial charge in [-0.2, -0.15) is 0 Å². The average molecular weight is 287 g/mol. The molecule has 0 fully saturated rings. The van der Waals surface area contributed by atoms with Crippen LogP contribution >= 0.6 is 0 Å². The summed E-state index contributed by atoms with van der Waals surface area (Å²) >= 11 is 0. The molecule has 0 aliphatic heterocycles. The van der Waals surface area contributed by atoms with Crippen molar-refractivity contribution in [3.05, 3.63) is 35.2 Å². The zero-order valence-electron chi connectivity index (χ0n) is 15.3. The summed E-state index contributed by atoms with van der Waals surface area (Å²) in [5.41, 5.74) is 5.46. The minimum atomic E-state index is 0.316. The van der Waals surface area contributed by atoms with Crippen molar-refractivity contribution in [3.63, 3.8) is 0 Å². The molecule has 0 saturated carbocycles. The molecule has 0 aliphatic rings. The molecule has 1 aromatic rings. The fourth-order valence-electron chi connectivity index (χ4n) is 3.15. The van der Waals surface area contributed by atoms with E-state index < -0.39 is 0 Å². The van der Waals surface area contributed by atoms with E-state index in [2.05, 4.69) is 68.0 Å². The van der Waals surface area contributed by atoms with E-state index in [1.807, 2.05) is 6.08 Å². The Hall–Kier alpha value is -1.11. The molecule has 0 radical (unpaired) electrons. The molecule has 1 nitrogen and oxygen atoms in total. The zero-order chi connectivity index (χ0) is 16.4. The highest BCUT2D eigenvalue weighted by Crippen LogP contribution is 2.39. The second-order valence-corrected chi connectivity index (χ2v) is 8.79. The standard InChI is InChI=1S/C20H33N/c1-10-17-14(2)11-18(21-15(17)3)16(12-19(4,5)6)13-20(7,8)9/h10-11,16H,1,12-13H2,2-9H3. The third kappa shape index (κ3) is 5.65. The van der Waals surface area contributed by atoms with Crippen LogP contribution in [0.1, 0.15) is 82.8 Å². The third-order valence-corrected chi connectivity index (χ3v) is 3.82. The summed E-state index contributed by atoms with van der Waals surface area (Å²) in [5, 5.41) is 0. The number of aryl methyl sites for hydroxylation is 2. The third-order valence-electron chi connectivity index (χ3n) is 3.82. The summed E-state index contributed by atoms with van der Waals surface area (Å²) < 4.78 is 0. The van der Waals surface area contributed by atoms with Crippen molar-refractivity contribution in [2.75, 3.05) is 0 Å². The van der Waals surface area contributed by atoms with Gasteiger partial charge in [-0.15, -0.1) is 0 Å². The van der Waals surface area contributed by atoms with E-state index in [0.717, 1.165) is 5.69 Å². The van der Waals surface area contributed by atoms with Crippen molar-refractivity contribution in [1.29, 1.82) is 0 Å². The Bertz CT molecular complexity index is 459. The normalized spacial score (nSPS) is 12.8. The summed E-state index contributed by atoms with van der Waals surface area (Å²) in [7, 11) is 0. The van der Waals surface area contributed by atoms with Crippen LogP contribution in [0.4, 0.5) is 0 Å². The summed E-state index contributed by atoms with van der Waals surface area (Å²) in [6.07, 6.45) is 4.26. The van der Waals surface area contributed by atoms with E-state index in [1.54, 1.807) is 0 Å². The fraction of sp³-hybridized carbons (Fsp3) is 0.650. The highest BCUT2D eigenvalue weighted by atomic mass is 14.7. The van der Waals surface area contributed by atoms with Crippen LogP contribution in [0.3, 0.4) is 0 Å². The molecule has 0 amide bonds. The number of hydrogen-bond donors (Lipinski definition) is 0. The van der Waals surface area contributed by atoms with Gasteiger partial charge in [-0.1, -0.05) is 54.2 Å². The average Bonchev–Trinajstić information content (AvgIpc) is 2.23. The van der Waals surface area contributed by atoms with E-state index in [1.165, 1.54) is 29.7 Å². The summed E-state index contributed by atoms with van der Waals surface area (Å²) in [6, 6.07) is 2.27. The first-order valence-electron chi connectivity index (χ1n) is 8.03. The number of hydrogen-bond acceptors (Lipinski definition) is 1. The lowest BCUT2D eigenvalue weighted by Gasteiger charge is -2.31. The van der Waals surface area contributed by atoms with E-state index in [-0.39, 0.29) is 0 Å². The zero-order valence-corrected chi connectivity index (χ0v) is 15.3. The SMILES string of the molecule is C=Cc1c(C)cc(C(CC(C)(C)C)CC(C)(C)C)nc1C. The highest BCUT2D eigenvalue weighted by molar-refractivity contribution is 5.54. The van der Waals surface area contributed by atoms with Gasteiger partial charge < -0.3 is 0 Å². The maximum atomic E-state index is 4.90. The summed E-state index contributed by atoms with van der Waals surface area (Å²) in [5.74, 6) is 0.515. The Morgan fingerprint density at radius 1 is 1.05 bits per heavy atom. The molecule has 0 aromatic carbocycles. The van der Waals surface area contributed by atoms with Gasteiger partial charge in [0, 0.05) is 17.3 Å². The summed E-state index contributed by atoms with van der Waals surface area (Å²) in [4.78, 5) is 4.90. The van der Waals surface area contributed by atoms with Crippen LogP contribution in [0.15, 0.2) is 12.6 Å². The first-order valence-corrected chi connectivity index (χ1v) is 8.03. The van der Waals surface area contributed by atoms with Crippen LogP contribution in [-0.4, -0.2) is 4.98 Å². The molecule has 1 rings (SSSR count). The molecule has 0 unspecified atom stereocenters. The molecular formula is C20H33N. The Morgan fingerprint density at radius 3 is 1.86 bits per heavy atom. The molecule has 1 heteroatoms. The van der Waals surface area contributed by atoms with Crippen molar-refractivity contribution in [2.24, 2.45) is 10.8 Å². The Balaban J connectivity index is 3.23. The Kier molecular flexibility index (Phi) is 5.41. The van der Waals surface area contributed by atoms with Crippen LogP contribution in [-0.2, 0) is 0 Å². The first kappa shape index (κ1) is 17.9. The van der Waals surface area contributed by atoms with Crippen molar-refractivity contribution in [1.82, 2.24) is 4.98 Å². The molecule has 0 bridgehead atoms. The van der Waals surface area contributed by atoms with Gasteiger partial charge in [0.1, 0.15) is 0 Å². The van der Waals surface area contributed by atoms with Crippen LogP contribution in [0, 0.1) is 24.7 Å². The van der Waals surface area contributed by atoms with Crippen molar-refractivity contribution >= 4 is 6.08 Å². The molecule has 1 aromatic heterocycles. The molecule has 21 heavy (non-hydrogen) atoms. The smallest absolute Gasteiger partial charge is 0.0450 e. The monoisotopic (exact) mass is 287 g/mol. The van der Waals surface area contributed by atoms with E-state index in [4.69, 9.17) is 4.98 Å². The van der Waals surface area contributed by atoms with Gasteiger partial charge in [0.2, 0.25) is 0 Å². The summed E-state index contributed by atoms with van der Waals surface area (Å²) in [6.45, 7) is 22.1. The number of rotatable bonds is 4. The number of nitrogens with zero attached hydrogens (tertiary/aromatic N) is 1. The molecule has 0 aliphatic carbocycles. The van der Waals surface area contributed by atoms with Crippen LogP contribution < -0.4 is 0 Å². The second-order valence-electron chi connectivity index (χ2n) is 8.79. The Labute approximate surface area is 131 Å². The largest absolute Gasteiger partial charge is 0.257 e.